The molecule has 0 aliphatic heterocycles. The van der Waals surface area contributed by atoms with E-state index in [9.17, 15) is 4.79 Å². The fraction of sp³-hybridized carbons (Fsp3) is 0.133. The number of hydrogen-bond donors (Lipinski definition) is 1. The molecule has 0 saturated carbocycles. The van der Waals surface area contributed by atoms with E-state index in [0.717, 1.165) is 5.75 Å². The number of hydrogen-bond acceptors (Lipinski definition) is 4. The standard InChI is InChI=1S/C15H13ClN4O2/c16-11-6-7-13-17-15(19-20(13)10-11)18-14(21)8-9-22-12-4-2-1-3-5-12/h1-7,10H,8-9H2,(H,18,19,21). The topological polar surface area (TPSA) is 68.5 Å². The molecule has 22 heavy (non-hydrogen) atoms. The molecule has 3 aromatic rings. The molecule has 1 N–H and O–H groups in total. The van der Waals surface area contributed by atoms with Crippen molar-refractivity contribution in [3.63, 3.8) is 0 Å². The molecule has 1 aromatic carbocycles. The minimum Gasteiger partial charge on any atom is -0.493 e. The van der Waals surface area contributed by atoms with E-state index in [1.165, 1.54) is 4.52 Å². The summed E-state index contributed by atoms with van der Waals surface area (Å²) in [5, 5.41) is 7.31. The first-order valence-electron chi connectivity index (χ1n) is 6.70. The Morgan fingerprint density at radius 2 is 2.05 bits per heavy atom. The van der Waals surface area contributed by atoms with Gasteiger partial charge in [-0.05, 0) is 24.3 Å². The highest BCUT2D eigenvalue weighted by Gasteiger charge is 2.08. The number of carbonyl (C=O) groups is 1. The highest BCUT2D eigenvalue weighted by molar-refractivity contribution is 6.30. The van der Waals surface area contributed by atoms with Crippen LogP contribution < -0.4 is 10.1 Å². The SMILES string of the molecule is O=C(CCOc1ccccc1)Nc1nc2ccc(Cl)cn2n1. The largest absolute Gasteiger partial charge is 0.493 e. The third-order valence-electron chi connectivity index (χ3n) is 2.89. The van der Waals surface area contributed by atoms with Gasteiger partial charge in [0, 0.05) is 6.20 Å². The van der Waals surface area contributed by atoms with Gasteiger partial charge < -0.3 is 4.74 Å². The Kier molecular flexibility index (Phi) is 4.20. The molecule has 2 aromatic heterocycles. The van der Waals surface area contributed by atoms with Gasteiger partial charge in [-0.3, -0.25) is 10.1 Å². The van der Waals surface area contributed by atoms with Crippen LogP contribution in [-0.2, 0) is 4.79 Å². The number of anilines is 1. The van der Waals surface area contributed by atoms with Crippen LogP contribution in [0.3, 0.4) is 0 Å². The van der Waals surface area contributed by atoms with E-state index in [1.54, 1.807) is 18.3 Å². The Balaban J connectivity index is 1.54. The van der Waals surface area contributed by atoms with Crippen LogP contribution in [0.2, 0.25) is 5.02 Å². The van der Waals surface area contributed by atoms with E-state index in [2.05, 4.69) is 15.4 Å². The fourth-order valence-corrected chi connectivity index (χ4v) is 2.03. The number of aromatic nitrogens is 3. The molecule has 0 bridgehead atoms. The summed E-state index contributed by atoms with van der Waals surface area (Å²) in [5.74, 6) is 0.765. The van der Waals surface area contributed by atoms with Gasteiger partial charge in [-0.25, -0.2) is 4.52 Å². The Morgan fingerprint density at radius 3 is 2.86 bits per heavy atom. The van der Waals surface area contributed by atoms with Crippen molar-refractivity contribution in [3.8, 4) is 5.75 Å². The number of benzene rings is 1. The Morgan fingerprint density at radius 1 is 1.23 bits per heavy atom. The van der Waals surface area contributed by atoms with Gasteiger partial charge in [0.1, 0.15) is 5.75 Å². The van der Waals surface area contributed by atoms with Crippen LogP contribution in [0.4, 0.5) is 5.95 Å². The smallest absolute Gasteiger partial charge is 0.249 e. The number of para-hydroxylation sites is 1. The van der Waals surface area contributed by atoms with Crippen molar-refractivity contribution in [1.82, 2.24) is 14.6 Å². The number of pyridine rings is 1. The number of fused-ring (bicyclic) bond motifs is 1. The second kappa shape index (κ2) is 6.44. The van der Waals surface area contributed by atoms with Gasteiger partial charge in [0.05, 0.1) is 18.1 Å². The van der Waals surface area contributed by atoms with Gasteiger partial charge in [0.25, 0.3) is 0 Å². The monoisotopic (exact) mass is 316 g/mol. The van der Waals surface area contributed by atoms with Crippen molar-refractivity contribution in [2.75, 3.05) is 11.9 Å². The molecular weight excluding hydrogens is 304 g/mol. The highest BCUT2D eigenvalue weighted by Crippen LogP contribution is 2.12. The maximum absolute atomic E-state index is 11.8. The first kappa shape index (κ1) is 14.3. The zero-order valence-electron chi connectivity index (χ0n) is 11.6. The lowest BCUT2D eigenvalue weighted by Gasteiger charge is -2.05. The van der Waals surface area contributed by atoms with E-state index >= 15 is 0 Å². The molecule has 112 valence electrons. The molecule has 0 unspecified atom stereocenters. The molecule has 7 heteroatoms. The molecule has 6 nitrogen and oxygen atoms in total. The predicted molar refractivity (Wildman–Crippen MR) is 83.2 cm³/mol. The summed E-state index contributed by atoms with van der Waals surface area (Å²) in [6.07, 6.45) is 1.84. The van der Waals surface area contributed by atoms with E-state index in [1.807, 2.05) is 30.3 Å². The summed E-state index contributed by atoms with van der Waals surface area (Å²) in [4.78, 5) is 16.0. The van der Waals surface area contributed by atoms with Gasteiger partial charge >= 0.3 is 0 Å². The van der Waals surface area contributed by atoms with Gasteiger partial charge in [0.15, 0.2) is 5.65 Å². The lowest BCUT2D eigenvalue weighted by atomic mass is 10.3. The van der Waals surface area contributed by atoms with E-state index in [4.69, 9.17) is 16.3 Å². The Bertz CT molecular complexity index is 789. The number of rotatable bonds is 5. The van der Waals surface area contributed by atoms with Crippen LogP contribution in [0.5, 0.6) is 5.75 Å². The third-order valence-corrected chi connectivity index (χ3v) is 3.11. The molecule has 0 atom stereocenters. The minimum atomic E-state index is -0.210. The van der Waals surface area contributed by atoms with Gasteiger partial charge in [-0.2, -0.15) is 4.98 Å². The van der Waals surface area contributed by atoms with Crippen molar-refractivity contribution < 1.29 is 9.53 Å². The Hall–Kier alpha value is -2.60. The highest BCUT2D eigenvalue weighted by atomic mass is 35.5. The van der Waals surface area contributed by atoms with Crippen molar-refractivity contribution in [2.24, 2.45) is 0 Å². The molecule has 0 radical (unpaired) electrons. The number of amides is 1. The summed E-state index contributed by atoms with van der Waals surface area (Å²) < 4.78 is 6.98. The van der Waals surface area contributed by atoms with Crippen LogP contribution >= 0.6 is 11.6 Å². The lowest BCUT2D eigenvalue weighted by molar-refractivity contribution is -0.116. The minimum absolute atomic E-state index is 0.210. The maximum Gasteiger partial charge on any atom is 0.249 e. The average Bonchev–Trinajstić information content (AvgIpc) is 2.89. The van der Waals surface area contributed by atoms with E-state index < -0.39 is 0 Å². The van der Waals surface area contributed by atoms with Crippen molar-refractivity contribution >= 4 is 29.1 Å². The van der Waals surface area contributed by atoms with Crippen molar-refractivity contribution in [1.29, 1.82) is 0 Å². The molecule has 0 aliphatic carbocycles. The number of nitrogens with zero attached hydrogens (tertiary/aromatic N) is 3. The molecular formula is C15H13ClN4O2. The number of ether oxygens (including phenoxy) is 1. The fourth-order valence-electron chi connectivity index (χ4n) is 1.88. The molecule has 0 aliphatic rings. The van der Waals surface area contributed by atoms with Crippen LogP contribution in [0.25, 0.3) is 5.65 Å². The molecule has 1 amide bonds. The molecule has 0 saturated heterocycles. The van der Waals surface area contributed by atoms with Crippen LogP contribution in [0, 0.1) is 0 Å². The second-order valence-electron chi connectivity index (χ2n) is 4.55. The van der Waals surface area contributed by atoms with Gasteiger partial charge in [0.2, 0.25) is 11.9 Å². The zero-order valence-corrected chi connectivity index (χ0v) is 12.3. The van der Waals surface area contributed by atoms with Crippen LogP contribution in [0.15, 0.2) is 48.7 Å². The molecule has 2 heterocycles. The first-order chi connectivity index (χ1) is 10.7. The predicted octanol–water partition coefficient (Wildman–Crippen LogP) is 2.79. The van der Waals surface area contributed by atoms with Gasteiger partial charge in [-0.1, -0.05) is 29.8 Å². The summed E-state index contributed by atoms with van der Waals surface area (Å²) in [6.45, 7) is 0.287. The molecule has 0 fully saturated rings. The van der Waals surface area contributed by atoms with Crippen molar-refractivity contribution in [3.05, 3.63) is 53.7 Å². The number of carbonyl (C=O) groups excluding carboxylic acids is 1. The molecule has 3 rings (SSSR count). The summed E-state index contributed by atoms with van der Waals surface area (Å²) in [5.41, 5.74) is 0.611. The summed E-state index contributed by atoms with van der Waals surface area (Å²) in [6, 6.07) is 12.8. The van der Waals surface area contributed by atoms with Crippen LogP contribution in [0.1, 0.15) is 6.42 Å². The maximum atomic E-state index is 11.8. The van der Waals surface area contributed by atoms with Crippen LogP contribution in [-0.4, -0.2) is 27.1 Å². The third kappa shape index (κ3) is 3.53. The summed E-state index contributed by atoms with van der Waals surface area (Å²) in [7, 11) is 0. The van der Waals surface area contributed by atoms with E-state index in [0.29, 0.717) is 10.7 Å². The average molecular weight is 317 g/mol. The quantitative estimate of drug-likeness (QED) is 0.786. The zero-order chi connectivity index (χ0) is 15.4. The van der Waals surface area contributed by atoms with Gasteiger partial charge in [-0.15, -0.1) is 5.10 Å². The summed E-state index contributed by atoms with van der Waals surface area (Å²) >= 11 is 5.87. The lowest BCUT2D eigenvalue weighted by Crippen LogP contribution is -2.16. The number of halogens is 1. The normalized spacial score (nSPS) is 10.6. The first-order valence-corrected chi connectivity index (χ1v) is 7.08. The Labute approximate surface area is 131 Å². The number of nitrogens with one attached hydrogen (secondary N) is 1. The molecule has 0 spiro atoms. The van der Waals surface area contributed by atoms with E-state index in [-0.39, 0.29) is 24.9 Å². The second-order valence-corrected chi connectivity index (χ2v) is 4.98. The van der Waals surface area contributed by atoms with Crippen molar-refractivity contribution in [2.45, 2.75) is 6.42 Å².